The third-order valence-corrected chi connectivity index (χ3v) is 5.39. The molecule has 1 aromatic carbocycles. The fourth-order valence-corrected chi connectivity index (χ4v) is 3.69. The maximum atomic E-state index is 12.2. The minimum atomic E-state index is -3.59. The molecule has 0 unspecified atom stereocenters. The van der Waals surface area contributed by atoms with Crippen molar-refractivity contribution in [2.45, 2.75) is 37.4 Å². The van der Waals surface area contributed by atoms with E-state index in [1.54, 1.807) is 6.92 Å². The van der Waals surface area contributed by atoms with Gasteiger partial charge in [-0.25, -0.2) is 8.42 Å². The summed E-state index contributed by atoms with van der Waals surface area (Å²) in [6, 6.07) is 9.17. The van der Waals surface area contributed by atoms with Crippen LogP contribution >= 0.6 is 0 Å². The largest absolute Gasteiger partial charge is 0.273 e. The Hall–Kier alpha value is -1.62. The molecule has 1 aliphatic carbocycles. The number of nitrogens with one attached hydrogen (secondary N) is 1. The third kappa shape index (κ3) is 3.48. The molecule has 20 heavy (non-hydrogen) atoms. The number of carbonyl (C=O) groups is 1. The van der Waals surface area contributed by atoms with Gasteiger partial charge >= 0.3 is 0 Å². The molecule has 2 atom stereocenters. The summed E-state index contributed by atoms with van der Waals surface area (Å²) in [6.07, 6.45) is 5.62. The van der Waals surface area contributed by atoms with Crippen molar-refractivity contribution in [3.05, 3.63) is 48.0 Å². The highest BCUT2D eigenvalue weighted by molar-refractivity contribution is 7.90. The number of benzene rings is 1. The molecular formula is C15H19NO3S. The van der Waals surface area contributed by atoms with E-state index in [0.29, 0.717) is 12.8 Å². The van der Waals surface area contributed by atoms with Crippen LogP contribution in [0.3, 0.4) is 0 Å². The van der Waals surface area contributed by atoms with E-state index in [2.05, 4.69) is 4.72 Å². The minimum Gasteiger partial charge on any atom is -0.273 e. The van der Waals surface area contributed by atoms with Crippen LogP contribution < -0.4 is 4.72 Å². The molecule has 2 rings (SSSR count). The number of carbonyl (C=O) groups excluding carboxylic acids is 1. The predicted octanol–water partition coefficient (Wildman–Crippen LogP) is 2.34. The molecule has 0 saturated heterocycles. The zero-order valence-corrected chi connectivity index (χ0v) is 12.3. The Balaban J connectivity index is 2.05. The molecule has 0 spiro atoms. The quantitative estimate of drug-likeness (QED) is 0.867. The second kappa shape index (κ2) is 6.22. The Labute approximate surface area is 119 Å². The standard InChI is InChI=1S/C15H19NO3S/c1-12(13-8-4-2-5-9-13)15(17)16-20(18,19)14-10-6-3-7-11-14/h2-6,8-9,12,14H,7,10-11H2,1H3,(H,16,17)/t12-,14+/m0/s1. The van der Waals surface area contributed by atoms with Crippen molar-refractivity contribution in [3.8, 4) is 0 Å². The molecule has 0 aromatic heterocycles. The van der Waals surface area contributed by atoms with Crippen LogP contribution in [0.4, 0.5) is 0 Å². The van der Waals surface area contributed by atoms with Crippen molar-refractivity contribution in [1.29, 1.82) is 0 Å². The van der Waals surface area contributed by atoms with Crippen LogP contribution in [0, 0.1) is 0 Å². The van der Waals surface area contributed by atoms with Crippen LogP contribution in [0.15, 0.2) is 42.5 Å². The summed E-state index contributed by atoms with van der Waals surface area (Å²) in [6.45, 7) is 1.71. The molecule has 0 heterocycles. The number of allylic oxidation sites excluding steroid dienone is 2. The van der Waals surface area contributed by atoms with E-state index in [4.69, 9.17) is 0 Å². The number of hydrogen-bond acceptors (Lipinski definition) is 3. The van der Waals surface area contributed by atoms with Gasteiger partial charge in [0, 0.05) is 0 Å². The van der Waals surface area contributed by atoms with Crippen LogP contribution in [0.25, 0.3) is 0 Å². The lowest BCUT2D eigenvalue weighted by Crippen LogP contribution is -2.40. The molecule has 108 valence electrons. The lowest BCUT2D eigenvalue weighted by atomic mass is 10.0. The summed E-state index contributed by atoms with van der Waals surface area (Å²) in [7, 11) is -3.59. The lowest BCUT2D eigenvalue weighted by molar-refractivity contribution is -0.120. The van der Waals surface area contributed by atoms with Gasteiger partial charge in [-0.1, -0.05) is 42.5 Å². The van der Waals surface area contributed by atoms with Crippen LogP contribution in [0.2, 0.25) is 0 Å². The van der Waals surface area contributed by atoms with Crippen LogP contribution in [-0.2, 0) is 14.8 Å². The SMILES string of the molecule is C[C@H](C(=O)NS(=O)(=O)[C@@H]1CC=CCC1)c1ccccc1. The van der Waals surface area contributed by atoms with Crippen molar-refractivity contribution in [2.24, 2.45) is 0 Å². The first-order valence-electron chi connectivity index (χ1n) is 6.76. The van der Waals surface area contributed by atoms with Gasteiger partial charge in [0.1, 0.15) is 0 Å². The number of amides is 1. The molecule has 0 bridgehead atoms. The third-order valence-electron chi connectivity index (χ3n) is 3.60. The van der Waals surface area contributed by atoms with E-state index in [1.165, 1.54) is 0 Å². The molecule has 1 N–H and O–H groups in total. The van der Waals surface area contributed by atoms with Crippen LogP contribution in [-0.4, -0.2) is 19.6 Å². The molecule has 1 aliphatic rings. The first-order valence-corrected chi connectivity index (χ1v) is 8.31. The van der Waals surface area contributed by atoms with Crippen molar-refractivity contribution in [2.75, 3.05) is 0 Å². The van der Waals surface area contributed by atoms with Gasteiger partial charge in [0.2, 0.25) is 15.9 Å². The fraction of sp³-hybridized carbons (Fsp3) is 0.400. The summed E-state index contributed by atoms with van der Waals surface area (Å²) in [4.78, 5) is 12.1. The summed E-state index contributed by atoms with van der Waals surface area (Å²) >= 11 is 0. The molecule has 4 nitrogen and oxygen atoms in total. The zero-order chi connectivity index (χ0) is 14.6. The molecular weight excluding hydrogens is 274 g/mol. The van der Waals surface area contributed by atoms with Gasteiger partial charge in [-0.05, 0) is 31.7 Å². The first-order chi connectivity index (χ1) is 9.50. The Morgan fingerprint density at radius 1 is 1.25 bits per heavy atom. The van der Waals surface area contributed by atoms with Gasteiger partial charge in [0.25, 0.3) is 0 Å². The van der Waals surface area contributed by atoms with Gasteiger partial charge < -0.3 is 0 Å². The predicted molar refractivity (Wildman–Crippen MR) is 78.7 cm³/mol. The van der Waals surface area contributed by atoms with Crippen molar-refractivity contribution in [1.82, 2.24) is 4.72 Å². The van der Waals surface area contributed by atoms with Gasteiger partial charge in [-0.2, -0.15) is 0 Å². The summed E-state index contributed by atoms with van der Waals surface area (Å²) in [5, 5.41) is -0.501. The van der Waals surface area contributed by atoms with Crippen molar-refractivity contribution < 1.29 is 13.2 Å². The second-order valence-corrected chi connectivity index (χ2v) is 7.01. The zero-order valence-electron chi connectivity index (χ0n) is 11.5. The molecule has 0 saturated carbocycles. The molecule has 5 heteroatoms. The summed E-state index contributed by atoms with van der Waals surface area (Å²) < 4.78 is 26.6. The Bertz CT molecular complexity index is 593. The van der Waals surface area contributed by atoms with E-state index in [-0.39, 0.29) is 0 Å². The monoisotopic (exact) mass is 293 g/mol. The summed E-state index contributed by atoms with van der Waals surface area (Å²) in [5.74, 6) is -0.948. The number of hydrogen-bond donors (Lipinski definition) is 1. The maximum absolute atomic E-state index is 12.2. The number of sulfonamides is 1. The first kappa shape index (κ1) is 14.8. The molecule has 1 aromatic rings. The smallest absolute Gasteiger partial charge is 0.240 e. The van der Waals surface area contributed by atoms with Crippen LogP contribution in [0.1, 0.15) is 37.7 Å². The molecule has 0 aliphatic heterocycles. The van der Waals surface area contributed by atoms with E-state index in [9.17, 15) is 13.2 Å². The summed E-state index contributed by atoms with van der Waals surface area (Å²) in [5.41, 5.74) is 0.809. The highest BCUT2D eigenvalue weighted by atomic mass is 32.2. The van der Waals surface area contributed by atoms with E-state index >= 15 is 0 Å². The molecule has 1 amide bonds. The number of rotatable bonds is 4. The maximum Gasteiger partial charge on any atom is 0.240 e. The Kier molecular flexibility index (Phi) is 4.60. The highest BCUT2D eigenvalue weighted by Crippen LogP contribution is 2.20. The highest BCUT2D eigenvalue weighted by Gasteiger charge is 2.29. The molecule has 0 fully saturated rings. The normalized spacial score (nSPS) is 20.4. The van der Waals surface area contributed by atoms with Gasteiger partial charge in [-0.3, -0.25) is 9.52 Å². The van der Waals surface area contributed by atoms with Crippen molar-refractivity contribution in [3.63, 3.8) is 0 Å². The second-order valence-electron chi connectivity index (χ2n) is 5.05. The van der Waals surface area contributed by atoms with E-state index in [0.717, 1.165) is 12.0 Å². The molecule has 0 radical (unpaired) electrons. The van der Waals surface area contributed by atoms with Crippen molar-refractivity contribution >= 4 is 15.9 Å². The van der Waals surface area contributed by atoms with Gasteiger partial charge in [0.05, 0.1) is 11.2 Å². The topological polar surface area (TPSA) is 63.2 Å². The van der Waals surface area contributed by atoms with E-state index in [1.807, 2.05) is 42.5 Å². The van der Waals surface area contributed by atoms with Crippen LogP contribution in [0.5, 0.6) is 0 Å². The Morgan fingerprint density at radius 3 is 2.55 bits per heavy atom. The van der Waals surface area contributed by atoms with E-state index < -0.39 is 27.1 Å². The van der Waals surface area contributed by atoms with Gasteiger partial charge in [-0.15, -0.1) is 0 Å². The van der Waals surface area contributed by atoms with Gasteiger partial charge in [0.15, 0.2) is 0 Å². The average molecular weight is 293 g/mol. The average Bonchev–Trinajstić information content (AvgIpc) is 2.48. The minimum absolute atomic E-state index is 0.467. The lowest BCUT2D eigenvalue weighted by Gasteiger charge is -2.20. The fourth-order valence-electron chi connectivity index (χ4n) is 2.25. The Morgan fingerprint density at radius 2 is 1.95 bits per heavy atom.